The van der Waals surface area contributed by atoms with Gasteiger partial charge in [-0.3, -0.25) is 4.90 Å². The van der Waals surface area contributed by atoms with Crippen LogP contribution >= 0.6 is 0 Å². The minimum absolute atomic E-state index is 0.174. The Kier molecular flexibility index (Phi) is 5.45. The number of rotatable bonds is 7. The number of nitrogens with one attached hydrogen (secondary N) is 1. The highest BCUT2D eigenvalue weighted by Crippen LogP contribution is 2.29. The molecular formula is C19H32N2. The molecule has 0 amide bonds. The maximum Gasteiger partial charge on any atom is 0.0236 e. The highest BCUT2D eigenvalue weighted by Gasteiger charge is 2.29. The summed E-state index contributed by atoms with van der Waals surface area (Å²) in [5.41, 5.74) is 3.02. The molecule has 1 aliphatic carbocycles. The molecule has 0 unspecified atom stereocenters. The average Bonchev–Trinajstić information content (AvgIpc) is 3.19. The summed E-state index contributed by atoms with van der Waals surface area (Å²) in [7, 11) is 0. The Morgan fingerprint density at radius 2 is 1.86 bits per heavy atom. The Labute approximate surface area is 130 Å². The summed E-state index contributed by atoms with van der Waals surface area (Å²) in [6.07, 6.45) is 2.77. The first-order chi connectivity index (χ1) is 9.83. The molecule has 1 aromatic carbocycles. The van der Waals surface area contributed by atoms with E-state index in [1.54, 1.807) is 0 Å². The zero-order valence-corrected chi connectivity index (χ0v) is 14.4. The molecule has 1 aromatic rings. The fourth-order valence-corrected chi connectivity index (χ4v) is 2.69. The minimum Gasteiger partial charge on any atom is -0.308 e. The van der Waals surface area contributed by atoms with Gasteiger partial charge in [0.15, 0.2) is 0 Å². The molecule has 1 fully saturated rings. The Balaban J connectivity index is 1.96. The van der Waals surface area contributed by atoms with Gasteiger partial charge in [0.05, 0.1) is 0 Å². The first-order valence-electron chi connectivity index (χ1n) is 8.40. The lowest BCUT2D eigenvalue weighted by Crippen LogP contribution is -2.35. The lowest BCUT2D eigenvalue weighted by Gasteiger charge is -2.25. The number of hydrogen-bond donors (Lipinski definition) is 1. The summed E-state index contributed by atoms with van der Waals surface area (Å²) in [5.74, 6) is 0.747. The quantitative estimate of drug-likeness (QED) is 0.809. The van der Waals surface area contributed by atoms with Crippen LogP contribution in [-0.4, -0.2) is 23.0 Å². The maximum atomic E-state index is 3.57. The van der Waals surface area contributed by atoms with E-state index < -0.39 is 0 Å². The van der Waals surface area contributed by atoms with E-state index in [2.05, 4.69) is 69.1 Å². The summed E-state index contributed by atoms with van der Waals surface area (Å²) < 4.78 is 0. The Hall–Kier alpha value is -0.860. The highest BCUT2D eigenvalue weighted by molar-refractivity contribution is 5.23. The van der Waals surface area contributed by atoms with Crippen LogP contribution in [0.5, 0.6) is 0 Å². The van der Waals surface area contributed by atoms with Crippen LogP contribution in [0.15, 0.2) is 24.3 Å². The van der Waals surface area contributed by atoms with Crippen LogP contribution in [0.4, 0.5) is 0 Å². The SMILES string of the molecule is CC(C)CN(Cc1cccc(CNC(C)(C)C)c1)C1CC1. The smallest absolute Gasteiger partial charge is 0.0236 e. The first-order valence-corrected chi connectivity index (χ1v) is 8.40. The summed E-state index contributed by atoms with van der Waals surface area (Å²) in [5, 5.41) is 3.57. The molecule has 0 atom stereocenters. The van der Waals surface area contributed by atoms with Gasteiger partial charge in [0.25, 0.3) is 0 Å². The predicted molar refractivity (Wildman–Crippen MR) is 91.3 cm³/mol. The van der Waals surface area contributed by atoms with Crippen molar-refractivity contribution in [2.45, 2.75) is 72.1 Å². The normalized spacial score (nSPS) is 16.0. The maximum absolute atomic E-state index is 3.57. The van der Waals surface area contributed by atoms with Gasteiger partial charge >= 0.3 is 0 Å². The Morgan fingerprint density at radius 1 is 1.19 bits per heavy atom. The molecule has 0 spiro atoms. The van der Waals surface area contributed by atoms with Crippen molar-refractivity contribution in [3.8, 4) is 0 Å². The second kappa shape index (κ2) is 6.93. The monoisotopic (exact) mass is 288 g/mol. The number of benzene rings is 1. The van der Waals surface area contributed by atoms with Crippen LogP contribution in [-0.2, 0) is 13.1 Å². The van der Waals surface area contributed by atoms with E-state index in [-0.39, 0.29) is 5.54 Å². The van der Waals surface area contributed by atoms with E-state index in [9.17, 15) is 0 Å². The van der Waals surface area contributed by atoms with Crippen LogP contribution in [0, 0.1) is 5.92 Å². The number of nitrogens with zero attached hydrogens (tertiary/aromatic N) is 1. The van der Waals surface area contributed by atoms with Crippen LogP contribution in [0.2, 0.25) is 0 Å². The second-order valence-electron chi connectivity index (χ2n) is 7.98. The van der Waals surface area contributed by atoms with Crippen molar-refractivity contribution in [1.82, 2.24) is 10.2 Å². The van der Waals surface area contributed by atoms with Crippen LogP contribution in [0.3, 0.4) is 0 Å². The average molecular weight is 288 g/mol. The molecule has 2 nitrogen and oxygen atoms in total. The van der Waals surface area contributed by atoms with Crippen molar-refractivity contribution in [2.24, 2.45) is 5.92 Å². The molecule has 2 heteroatoms. The van der Waals surface area contributed by atoms with Crippen molar-refractivity contribution >= 4 is 0 Å². The molecule has 1 saturated carbocycles. The van der Waals surface area contributed by atoms with Crippen molar-refractivity contribution in [3.63, 3.8) is 0 Å². The molecule has 0 aromatic heterocycles. The van der Waals surface area contributed by atoms with Crippen molar-refractivity contribution < 1.29 is 0 Å². The molecule has 0 saturated heterocycles. The van der Waals surface area contributed by atoms with Crippen LogP contribution < -0.4 is 5.32 Å². The molecule has 0 radical (unpaired) electrons. The summed E-state index contributed by atoms with van der Waals surface area (Å²) in [6.45, 7) is 14.6. The standard InChI is InChI=1S/C19H32N2/c1-15(2)13-21(18-9-10-18)14-17-8-6-7-16(11-17)12-20-19(3,4)5/h6-8,11,15,18,20H,9-10,12-14H2,1-5H3. The van der Waals surface area contributed by atoms with Gasteiger partial charge in [0, 0.05) is 31.2 Å². The lowest BCUT2D eigenvalue weighted by molar-refractivity contribution is 0.226. The van der Waals surface area contributed by atoms with Crippen LogP contribution in [0.1, 0.15) is 58.6 Å². The minimum atomic E-state index is 0.174. The largest absolute Gasteiger partial charge is 0.308 e. The van der Waals surface area contributed by atoms with Gasteiger partial charge < -0.3 is 5.32 Å². The van der Waals surface area contributed by atoms with Gasteiger partial charge in [-0.25, -0.2) is 0 Å². The highest BCUT2D eigenvalue weighted by atomic mass is 15.2. The van der Waals surface area contributed by atoms with Gasteiger partial charge in [-0.1, -0.05) is 38.1 Å². The molecule has 118 valence electrons. The molecule has 1 aliphatic rings. The molecule has 2 rings (SSSR count). The fraction of sp³-hybridized carbons (Fsp3) is 0.684. The van der Waals surface area contributed by atoms with Crippen LogP contribution in [0.25, 0.3) is 0 Å². The van der Waals surface area contributed by atoms with Gasteiger partial charge in [-0.15, -0.1) is 0 Å². The molecule has 0 heterocycles. The van der Waals surface area contributed by atoms with Gasteiger partial charge in [0.1, 0.15) is 0 Å². The fourth-order valence-electron chi connectivity index (χ4n) is 2.69. The number of hydrogen-bond acceptors (Lipinski definition) is 2. The second-order valence-corrected chi connectivity index (χ2v) is 7.98. The third kappa shape index (κ3) is 6.19. The van der Waals surface area contributed by atoms with Gasteiger partial charge in [0.2, 0.25) is 0 Å². The van der Waals surface area contributed by atoms with Gasteiger partial charge in [-0.05, 0) is 50.7 Å². The lowest BCUT2D eigenvalue weighted by atomic mass is 10.1. The van der Waals surface area contributed by atoms with E-state index in [0.717, 1.165) is 25.0 Å². The van der Waals surface area contributed by atoms with Crippen molar-refractivity contribution in [1.29, 1.82) is 0 Å². The molecular weight excluding hydrogens is 256 g/mol. The summed E-state index contributed by atoms with van der Waals surface area (Å²) in [4.78, 5) is 2.67. The van der Waals surface area contributed by atoms with Gasteiger partial charge in [-0.2, -0.15) is 0 Å². The molecule has 0 aliphatic heterocycles. The van der Waals surface area contributed by atoms with E-state index in [0.29, 0.717) is 0 Å². The third-order valence-corrected chi connectivity index (χ3v) is 3.86. The third-order valence-electron chi connectivity index (χ3n) is 3.86. The van der Waals surface area contributed by atoms with Crippen molar-refractivity contribution in [3.05, 3.63) is 35.4 Å². The molecule has 1 N–H and O–H groups in total. The molecule has 21 heavy (non-hydrogen) atoms. The van der Waals surface area contributed by atoms with Crippen molar-refractivity contribution in [2.75, 3.05) is 6.54 Å². The topological polar surface area (TPSA) is 15.3 Å². The zero-order valence-electron chi connectivity index (χ0n) is 14.4. The Bertz CT molecular complexity index is 441. The zero-order chi connectivity index (χ0) is 15.5. The van der Waals surface area contributed by atoms with E-state index >= 15 is 0 Å². The van der Waals surface area contributed by atoms with E-state index in [1.165, 1.54) is 30.5 Å². The molecule has 0 bridgehead atoms. The summed E-state index contributed by atoms with van der Waals surface area (Å²) >= 11 is 0. The van der Waals surface area contributed by atoms with E-state index in [4.69, 9.17) is 0 Å². The Morgan fingerprint density at radius 3 is 2.43 bits per heavy atom. The first kappa shape index (κ1) is 16.5. The van der Waals surface area contributed by atoms with E-state index in [1.807, 2.05) is 0 Å². The summed E-state index contributed by atoms with van der Waals surface area (Å²) in [6, 6.07) is 9.91. The predicted octanol–water partition coefficient (Wildman–Crippen LogP) is 4.20.